The average Bonchev–Trinajstić information content (AvgIpc) is 1.91. The molecule has 0 N–H and O–H groups in total. The van der Waals surface area contributed by atoms with Gasteiger partial charge in [-0.1, -0.05) is 13.0 Å². The Kier molecular flexibility index (Phi) is 4.63. The van der Waals surface area contributed by atoms with Crippen LogP contribution in [0.15, 0.2) is 11.6 Å². The molecule has 0 aromatic carbocycles. The van der Waals surface area contributed by atoms with Gasteiger partial charge in [0.25, 0.3) is 0 Å². The molecular formula is C8H14O2. The molecule has 0 aliphatic rings. The molecule has 0 unspecified atom stereocenters. The summed E-state index contributed by atoms with van der Waals surface area (Å²) >= 11 is 0. The first-order valence-corrected chi connectivity index (χ1v) is 3.58. The van der Waals surface area contributed by atoms with E-state index in [1.54, 1.807) is 13.0 Å². The summed E-state index contributed by atoms with van der Waals surface area (Å²) in [5.74, 6) is -0.187. The van der Waals surface area contributed by atoms with Gasteiger partial charge in [-0.25, -0.2) is 4.79 Å². The van der Waals surface area contributed by atoms with Crippen molar-refractivity contribution in [2.24, 2.45) is 0 Å². The van der Waals surface area contributed by atoms with E-state index >= 15 is 0 Å². The van der Waals surface area contributed by atoms with Crippen molar-refractivity contribution in [3.05, 3.63) is 11.6 Å². The van der Waals surface area contributed by atoms with E-state index in [9.17, 15) is 4.79 Å². The quantitative estimate of drug-likeness (QED) is 0.444. The minimum atomic E-state index is -0.187. The van der Waals surface area contributed by atoms with Gasteiger partial charge < -0.3 is 4.74 Å². The summed E-state index contributed by atoms with van der Waals surface area (Å²) in [5.41, 5.74) is 0.752. The maximum atomic E-state index is 10.9. The van der Waals surface area contributed by atoms with E-state index in [1.807, 2.05) is 13.8 Å². The van der Waals surface area contributed by atoms with E-state index in [0.717, 1.165) is 12.0 Å². The molecule has 0 aliphatic heterocycles. The van der Waals surface area contributed by atoms with E-state index in [1.165, 1.54) is 0 Å². The van der Waals surface area contributed by atoms with Crippen molar-refractivity contribution in [1.29, 1.82) is 0 Å². The van der Waals surface area contributed by atoms with Gasteiger partial charge in [0, 0.05) is 5.57 Å². The standard InChI is InChI=1S/C8H14O2/c1-4-7(5-2)8(9)10-6-3/h4H,5-6H2,1-3H3/b7-4-. The molecule has 10 heavy (non-hydrogen) atoms. The first-order valence-electron chi connectivity index (χ1n) is 3.58. The molecular weight excluding hydrogens is 128 g/mol. The monoisotopic (exact) mass is 142 g/mol. The maximum absolute atomic E-state index is 10.9. The molecule has 0 aromatic heterocycles. The Hall–Kier alpha value is -0.790. The highest BCUT2D eigenvalue weighted by atomic mass is 16.5. The molecule has 58 valence electrons. The third-order valence-corrected chi connectivity index (χ3v) is 1.27. The molecule has 0 aromatic rings. The van der Waals surface area contributed by atoms with Crippen LogP contribution in [0.2, 0.25) is 0 Å². The number of carbonyl (C=O) groups excluding carboxylic acids is 1. The zero-order valence-corrected chi connectivity index (χ0v) is 6.81. The number of allylic oxidation sites excluding steroid dienone is 1. The number of ether oxygens (including phenoxy) is 1. The number of hydrogen-bond acceptors (Lipinski definition) is 2. The smallest absolute Gasteiger partial charge is 0.333 e. The lowest BCUT2D eigenvalue weighted by molar-refractivity contribution is -0.138. The lowest BCUT2D eigenvalue weighted by Gasteiger charge is -2.01. The summed E-state index contributed by atoms with van der Waals surface area (Å²) in [4.78, 5) is 10.9. The first kappa shape index (κ1) is 9.21. The Balaban J connectivity index is 3.91. The van der Waals surface area contributed by atoms with Crippen molar-refractivity contribution in [2.75, 3.05) is 6.61 Å². The second-order valence-electron chi connectivity index (χ2n) is 1.89. The predicted molar refractivity (Wildman–Crippen MR) is 40.7 cm³/mol. The normalized spacial score (nSPS) is 11.3. The van der Waals surface area contributed by atoms with Crippen molar-refractivity contribution >= 4 is 5.97 Å². The fourth-order valence-electron chi connectivity index (χ4n) is 0.690. The molecule has 0 heterocycles. The van der Waals surface area contributed by atoms with Gasteiger partial charge in [-0.15, -0.1) is 0 Å². The van der Waals surface area contributed by atoms with Crippen LogP contribution in [0, 0.1) is 0 Å². The van der Waals surface area contributed by atoms with E-state index in [0.29, 0.717) is 6.61 Å². The Morgan fingerprint density at radius 1 is 1.50 bits per heavy atom. The second-order valence-corrected chi connectivity index (χ2v) is 1.89. The second kappa shape index (κ2) is 5.03. The number of esters is 1. The molecule has 0 saturated heterocycles. The first-order chi connectivity index (χ1) is 4.76. The van der Waals surface area contributed by atoms with Crippen LogP contribution in [-0.4, -0.2) is 12.6 Å². The SMILES string of the molecule is C/C=C(/CC)C(=O)OCC. The molecule has 0 fully saturated rings. The number of hydrogen-bond donors (Lipinski definition) is 0. The zero-order chi connectivity index (χ0) is 7.98. The van der Waals surface area contributed by atoms with Crippen LogP contribution < -0.4 is 0 Å². The third-order valence-electron chi connectivity index (χ3n) is 1.27. The van der Waals surface area contributed by atoms with Crippen LogP contribution in [0.5, 0.6) is 0 Å². The molecule has 2 nitrogen and oxygen atoms in total. The molecule has 0 spiro atoms. The van der Waals surface area contributed by atoms with Crippen LogP contribution in [-0.2, 0) is 9.53 Å². The highest BCUT2D eigenvalue weighted by Gasteiger charge is 2.04. The molecule has 0 rings (SSSR count). The van der Waals surface area contributed by atoms with Crippen LogP contribution >= 0.6 is 0 Å². The van der Waals surface area contributed by atoms with Crippen LogP contribution in [0.4, 0.5) is 0 Å². The molecule has 0 bridgehead atoms. The Labute approximate surface area is 61.9 Å². The summed E-state index contributed by atoms with van der Waals surface area (Å²) in [6, 6.07) is 0. The summed E-state index contributed by atoms with van der Waals surface area (Å²) in [7, 11) is 0. The van der Waals surface area contributed by atoms with Crippen molar-refractivity contribution in [1.82, 2.24) is 0 Å². The van der Waals surface area contributed by atoms with Crippen molar-refractivity contribution in [3.8, 4) is 0 Å². The number of rotatable bonds is 3. The van der Waals surface area contributed by atoms with Gasteiger partial charge in [-0.05, 0) is 20.3 Å². The maximum Gasteiger partial charge on any atom is 0.333 e. The summed E-state index contributed by atoms with van der Waals surface area (Å²) in [5, 5.41) is 0. The molecule has 0 aliphatic carbocycles. The average molecular weight is 142 g/mol. The van der Waals surface area contributed by atoms with Gasteiger partial charge in [0.05, 0.1) is 6.61 Å². The fourth-order valence-corrected chi connectivity index (χ4v) is 0.690. The minimum absolute atomic E-state index is 0.187. The van der Waals surface area contributed by atoms with E-state index < -0.39 is 0 Å². The van der Waals surface area contributed by atoms with Crippen molar-refractivity contribution in [2.45, 2.75) is 27.2 Å². The molecule has 0 amide bonds. The van der Waals surface area contributed by atoms with Gasteiger partial charge in [0.2, 0.25) is 0 Å². The Morgan fingerprint density at radius 3 is 2.40 bits per heavy atom. The number of carbonyl (C=O) groups is 1. The molecule has 0 saturated carbocycles. The summed E-state index contributed by atoms with van der Waals surface area (Å²) < 4.78 is 4.78. The Morgan fingerprint density at radius 2 is 2.10 bits per heavy atom. The van der Waals surface area contributed by atoms with E-state index in [4.69, 9.17) is 4.74 Å². The fraction of sp³-hybridized carbons (Fsp3) is 0.625. The largest absolute Gasteiger partial charge is 0.463 e. The lowest BCUT2D eigenvalue weighted by Crippen LogP contribution is -2.06. The summed E-state index contributed by atoms with van der Waals surface area (Å²) in [6.45, 7) is 6.04. The third kappa shape index (κ3) is 2.67. The molecule has 0 atom stereocenters. The minimum Gasteiger partial charge on any atom is -0.463 e. The Bertz CT molecular complexity index is 136. The highest BCUT2D eigenvalue weighted by molar-refractivity contribution is 5.88. The predicted octanol–water partition coefficient (Wildman–Crippen LogP) is 1.91. The topological polar surface area (TPSA) is 26.3 Å². The van der Waals surface area contributed by atoms with Crippen LogP contribution in [0.25, 0.3) is 0 Å². The van der Waals surface area contributed by atoms with Crippen LogP contribution in [0.1, 0.15) is 27.2 Å². The highest BCUT2D eigenvalue weighted by Crippen LogP contribution is 2.01. The summed E-state index contributed by atoms with van der Waals surface area (Å²) in [6.07, 6.45) is 2.54. The van der Waals surface area contributed by atoms with Gasteiger partial charge in [0.15, 0.2) is 0 Å². The van der Waals surface area contributed by atoms with Crippen LogP contribution in [0.3, 0.4) is 0 Å². The van der Waals surface area contributed by atoms with Crippen molar-refractivity contribution < 1.29 is 9.53 Å². The van der Waals surface area contributed by atoms with Gasteiger partial charge in [0.1, 0.15) is 0 Å². The lowest BCUT2D eigenvalue weighted by atomic mass is 10.2. The zero-order valence-electron chi connectivity index (χ0n) is 6.81. The van der Waals surface area contributed by atoms with E-state index in [2.05, 4.69) is 0 Å². The molecule has 2 heteroatoms. The molecule has 0 radical (unpaired) electrons. The van der Waals surface area contributed by atoms with Gasteiger partial charge >= 0.3 is 5.97 Å². The van der Waals surface area contributed by atoms with Gasteiger partial charge in [-0.3, -0.25) is 0 Å². The van der Waals surface area contributed by atoms with Gasteiger partial charge in [-0.2, -0.15) is 0 Å². The van der Waals surface area contributed by atoms with E-state index in [-0.39, 0.29) is 5.97 Å². The van der Waals surface area contributed by atoms with Crippen molar-refractivity contribution in [3.63, 3.8) is 0 Å².